The molecule has 0 unspecified atom stereocenters. The summed E-state index contributed by atoms with van der Waals surface area (Å²) in [5, 5.41) is 3.49. The summed E-state index contributed by atoms with van der Waals surface area (Å²) in [5.74, 6) is 1.94. The molecule has 0 aliphatic heterocycles. The summed E-state index contributed by atoms with van der Waals surface area (Å²) in [6.07, 6.45) is 5.64. The van der Waals surface area contributed by atoms with E-state index in [0.717, 1.165) is 29.2 Å². The molecule has 3 heteroatoms. The molecule has 1 aromatic carbocycles. The first-order valence-corrected chi connectivity index (χ1v) is 7.12. The second-order valence-electron chi connectivity index (χ2n) is 4.73. The second-order valence-corrected chi connectivity index (χ2v) is 5.59. The van der Waals surface area contributed by atoms with Crippen LogP contribution in [0, 0.1) is 5.92 Å². The SMILES string of the molecule is COc1ccc(CNCCCC2CC2)cc1Br. The molecule has 1 saturated carbocycles. The predicted molar refractivity (Wildman–Crippen MR) is 74.4 cm³/mol. The van der Waals surface area contributed by atoms with Gasteiger partial charge in [-0.3, -0.25) is 0 Å². The average Bonchev–Trinajstić information content (AvgIpc) is 3.13. The molecule has 1 aliphatic rings. The van der Waals surface area contributed by atoms with Crippen LogP contribution in [0.25, 0.3) is 0 Å². The number of ether oxygens (including phenoxy) is 1. The number of hydrogen-bond acceptors (Lipinski definition) is 2. The fourth-order valence-corrected chi connectivity index (χ4v) is 2.56. The largest absolute Gasteiger partial charge is 0.496 e. The first kappa shape index (κ1) is 12.9. The van der Waals surface area contributed by atoms with E-state index in [1.54, 1.807) is 7.11 Å². The third kappa shape index (κ3) is 4.32. The first-order valence-electron chi connectivity index (χ1n) is 6.32. The van der Waals surface area contributed by atoms with Gasteiger partial charge < -0.3 is 10.1 Å². The smallest absolute Gasteiger partial charge is 0.133 e. The van der Waals surface area contributed by atoms with E-state index in [2.05, 4.69) is 33.4 Å². The van der Waals surface area contributed by atoms with Crippen molar-refractivity contribution in [2.75, 3.05) is 13.7 Å². The Morgan fingerprint density at radius 3 is 2.88 bits per heavy atom. The molecule has 0 bridgehead atoms. The van der Waals surface area contributed by atoms with Crippen molar-refractivity contribution < 1.29 is 4.74 Å². The highest BCUT2D eigenvalue weighted by Gasteiger charge is 2.19. The van der Waals surface area contributed by atoms with Gasteiger partial charge in [-0.15, -0.1) is 0 Å². The Morgan fingerprint density at radius 2 is 2.24 bits per heavy atom. The number of hydrogen-bond donors (Lipinski definition) is 1. The molecule has 1 aliphatic carbocycles. The summed E-state index contributed by atoms with van der Waals surface area (Å²) >= 11 is 3.50. The highest BCUT2D eigenvalue weighted by Crippen LogP contribution is 2.33. The van der Waals surface area contributed by atoms with Gasteiger partial charge in [-0.1, -0.05) is 18.9 Å². The van der Waals surface area contributed by atoms with Gasteiger partial charge in [0.2, 0.25) is 0 Å². The van der Waals surface area contributed by atoms with Crippen LogP contribution in [-0.2, 0) is 6.54 Å². The van der Waals surface area contributed by atoms with Crippen molar-refractivity contribution in [3.8, 4) is 5.75 Å². The predicted octanol–water partition coefficient (Wildman–Crippen LogP) is 3.74. The van der Waals surface area contributed by atoms with Crippen LogP contribution in [0.2, 0.25) is 0 Å². The molecule has 0 saturated heterocycles. The number of rotatable bonds is 7. The van der Waals surface area contributed by atoms with E-state index in [4.69, 9.17) is 4.74 Å². The average molecular weight is 298 g/mol. The van der Waals surface area contributed by atoms with Gasteiger partial charge in [0.25, 0.3) is 0 Å². The van der Waals surface area contributed by atoms with Gasteiger partial charge in [0.15, 0.2) is 0 Å². The molecule has 0 atom stereocenters. The van der Waals surface area contributed by atoms with E-state index in [9.17, 15) is 0 Å². The van der Waals surface area contributed by atoms with E-state index < -0.39 is 0 Å². The van der Waals surface area contributed by atoms with Gasteiger partial charge >= 0.3 is 0 Å². The minimum absolute atomic E-state index is 0.891. The molecule has 0 radical (unpaired) electrons. The van der Waals surface area contributed by atoms with E-state index in [0.29, 0.717) is 0 Å². The Hall–Kier alpha value is -0.540. The standard InChI is InChI=1S/C14H20BrNO/c1-17-14-7-6-12(9-13(14)15)10-16-8-2-3-11-4-5-11/h6-7,9,11,16H,2-5,8,10H2,1H3. The fourth-order valence-electron chi connectivity index (χ4n) is 1.97. The molecular formula is C14H20BrNO. The first-order chi connectivity index (χ1) is 8.29. The highest BCUT2D eigenvalue weighted by atomic mass is 79.9. The van der Waals surface area contributed by atoms with Gasteiger partial charge in [0, 0.05) is 6.54 Å². The van der Waals surface area contributed by atoms with Crippen molar-refractivity contribution in [3.63, 3.8) is 0 Å². The zero-order valence-corrected chi connectivity index (χ0v) is 11.9. The Labute approximate surface area is 112 Å². The lowest BCUT2D eigenvalue weighted by Crippen LogP contribution is -2.14. The van der Waals surface area contributed by atoms with E-state index in [-0.39, 0.29) is 0 Å². The summed E-state index contributed by atoms with van der Waals surface area (Å²) in [6, 6.07) is 6.23. The molecule has 0 heterocycles. The van der Waals surface area contributed by atoms with Gasteiger partial charge in [-0.2, -0.15) is 0 Å². The lowest BCUT2D eigenvalue weighted by Gasteiger charge is -2.07. The van der Waals surface area contributed by atoms with E-state index in [1.807, 2.05) is 6.07 Å². The van der Waals surface area contributed by atoms with Gasteiger partial charge in [-0.25, -0.2) is 0 Å². The van der Waals surface area contributed by atoms with Crippen LogP contribution in [-0.4, -0.2) is 13.7 Å². The third-order valence-electron chi connectivity index (χ3n) is 3.21. The number of halogens is 1. The maximum Gasteiger partial charge on any atom is 0.133 e. The molecule has 0 amide bonds. The lowest BCUT2D eigenvalue weighted by molar-refractivity contribution is 0.412. The van der Waals surface area contributed by atoms with Crippen molar-refractivity contribution >= 4 is 15.9 Å². The Balaban J connectivity index is 1.68. The Bertz CT molecular complexity index is 363. The molecule has 1 N–H and O–H groups in total. The zero-order chi connectivity index (χ0) is 12.1. The lowest BCUT2D eigenvalue weighted by atomic mass is 10.2. The van der Waals surface area contributed by atoms with Crippen molar-refractivity contribution in [3.05, 3.63) is 28.2 Å². The second kappa shape index (κ2) is 6.41. The zero-order valence-electron chi connectivity index (χ0n) is 10.3. The summed E-state index contributed by atoms with van der Waals surface area (Å²) < 4.78 is 6.23. The van der Waals surface area contributed by atoms with E-state index >= 15 is 0 Å². The topological polar surface area (TPSA) is 21.3 Å². The summed E-state index contributed by atoms with van der Waals surface area (Å²) in [4.78, 5) is 0. The number of nitrogens with one attached hydrogen (secondary N) is 1. The molecular weight excluding hydrogens is 278 g/mol. The Morgan fingerprint density at radius 1 is 1.41 bits per heavy atom. The van der Waals surface area contributed by atoms with Crippen molar-refractivity contribution in [1.82, 2.24) is 5.32 Å². The van der Waals surface area contributed by atoms with Crippen LogP contribution in [0.4, 0.5) is 0 Å². The summed E-state index contributed by atoms with van der Waals surface area (Å²) in [5.41, 5.74) is 1.30. The minimum Gasteiger partial charge on any atom is -0.496 e. The maximum absolute atomic E-state index is 5.21. The quantitative estimate of drug-likeness (QED) is 0.774. The molecule has 0 aromatic heterocycles. The van der Waals surface area contributed by atoms with Crippen LogP contribution >= 0.6 is 15.9 Å². The molecule has 1 aromatic rings. The normalized spacial score (nSPS) is 14.9. The van der Waals surface area contributed by atoms with Crippen LogP contribution in [0.5, 0.6) is 5.75 Å². The van der Waals surface area contributed by atoms with Crippen LogP contribution in [0.3, 0.4) is 0 Å². The maximum atomic E-state index is 5.21. The minimum atomic E-state index is 0.891. The van der Waals surface area contributed by atoms with Gasteiger partial charge in [0.1, 0.15) is 5.75 Å². The molecule has 1 fully saturated rings. The van der Waals surface area contributed by atoms with Gasteiger partial charge in [0.05, 0.1) is 11.6 Å². The van der Waals surface area contributed by atoms with Crippen molar-refractivity contribution in [2.45, 2.75) is 32.2 Å². The third-order valence-corrected chi connectivity index (χ3v) is 3.83. The van der Waals surface area contributed by atoms with Crippen molar-refractivity contribution in [1.29, 1.82) is 0 Å². The van der Waals surface area contributed by atoms with Crippen molar-refractivity contribution in [2.24, 2.45) is 5.92 Å². The van der Waals surface area contributed by atoms with Gasteiger partial charge in [-0.05, 0) is 58.9 Å². The number of benzene rings is 1. The monoisotopic (exact) mass is 297 g/mol. The highest BCUT2D eigenvalue weighted by molar-refractivity contribution is 9.10. The van der Waals surface area contributed by atoms with E-state index in [1.165, 1.54) is 31.2 Å². The summed E-state index contributed by atoms with van der Waals surface area (Å²) in [6.45, 7) is 2.06. The molecule has 2 rings (SSSR count). The fraction of sp³-hybridized carbons (Fsp3) is 0.571. The number of methoxy groups -OCH3 is 1. The van der Waals surface area contributed by atoms with Crippen LogP contribution in [0.1, 0.15) is 31.2 Å². The molecule has 0 spiro atoms. The Kier molecular flexibility index (Phi) is 4.86. The molecule has 94 valence electrons. The molecule has 17 heavy (non-hydrogen) atoms. The van der Waals surface area contributed by atoms with Crippen LogP contribution in [0.15, 0.2) is 22.7 Å². The molecule has 2 nitrogen and oxygen atoms in total. The van der Waals surface area contributed by atoms with Crippen LogP contribution < -0.4 is 10.1 Å². The summed E-state index contributed by atoms with van der Waals surface area (Å²) in [7, 11) is 1.69.